The fourth-order valence-corrected chi connectivity index (χ4v) is 1.68. The number of aromatic nitrogens is 1. The van der Waals surface area contributed by atoms with Crippen LogP contribution in [-0.2, 0) is 0 Å². The molecule has 0 aliphatic carbocycles. The van der Waals surface area contributed by atoms with E-state index in [1.165, 1.54) is 3.57 Å². The summed E-state index contributed by atoms with van der Waals surface area (Å²) >= 11 is 8.05. The van der Waals surface area contributed by atoms with Gasteiger partial charge in [-0.05, 0) is 59.0 Å². The summed E-state index contributed by atoms with van der Waals surface area (Å²) in [5.41, 5.74) is 1.00. The van der Waals surface area contributed by atoms with Crippen LogP contribution in [0.3, 0.4) is 0 Å². The van der Waals surface area contributed by atoms with Gasteiger partial charge in [-0.3, -0.25) is 0 Å². The smallest absolute Gasteiger partial charge is 0.132 e. The van der Waals surface area contributed by atoms with Gasteiger partial charge in [0, 0.05) is 9.26 Å². The summed E-state index contributed by atoms with van der Waals surface area (Å²) in [6, 6.07) is 13.6. The van der Waals surface area contributed by atoms with Gasteiger partial charge in [-0.15, -0.1) is 0 Å². The number of benzene rings is 1. The maximum Gasteiger partial charge on any atom is 0.132 e. The first-order valence-electron chi connectivity index (χ1n) is 4.39. The maximum absolute atomic E-state index is 5.78. The van der Waals surface area contributed by atoms with Crippen molar-refractivity contribution in [3.8, 4) is 0 Å². The first-order chi connectivity index (χ1) is 7.24. The predicted octanol–water partition coefficient (Wildman–Crippen LogP) is 4.08. The number of hydrogen-bond donors (Lipinski definition) is 1. The highest BCUT2D eigenvalue weighted by molar-refractivity contribution is 14.1. The van der Waals surface area contributed by atoms with Crippen LogP contribution in [0.25, 0.3) is 0 Å². The van der Waals surface area contributed by atoms with Gasteiger partial charge in [-0.1, -0.05) is 17.7 Å². The number of pyridine rings is 1. The summed E-state index contributed by atoms with van der Waals surface area (Å²) in [6.45, 7) is 0. The van der Waals surface area contributed by atoms with Crippen molar-refractivity contribution in [2.45, 2.75) is 0 Å². The minimum atomic E-state index is 0.491. The largest absolute Gasteiger partial charge is 0.340 e. The van der Waals surface area contributed by atoms with Gasteiger partial charge in [-0.2, -0.15) is 0 Å². The first kappa shape index (κ1) is 10.7. The Bertz CT molecular complexity index is 456. The molecule has 15 heavy (non-hydrogen) atoms. The van der Waals surface area contributed by atoms with Crippen LogP contribution in [0.1, 0.15) is 0 Å². The average Bonchev–Trinajstić information content (AvgIpc) is 2.22. The van der Waals surface area contributed by atoms with E-state index in [0.717, 1.165) is 11.5 Å². The Balaban J connectivity index is 2.18. The van der Waals surface area contributed by atoms with Crippen molar-refractivity contribution in [3.63, 3.8) is 0 Å². The molecule has 76 valence electrons. The zero-order chi connectivity index (χ0) is 10.7. The lowest BCUT2D eigenvalue weighted by atomic mass is 10.3. The molecule has 4 heteroatoms. The van der Waals surface area contributed by atoms with E-state index in [1.54, 1.807) is 6.07 Å². The molecule has 0 fully saturated rings. The van der Waals surface area contributed by atoms with Gasteiger partial charge < -0.3 is 5.32 Å². The molecule has 1 N–H and O–H groups in total. The second-order valence-corrected chi connectivity index (χ2v) is 4.61. The molecule has 2 aromatic rings. The highest BCUT2D eigenvalue weighted by Crippen LogP contribution is 2.17. The molecule has 0 saturated carbocycles. The summed E-state index contributed by atoms with van der Waals surface area (Å²) < 4.78 is 1.21. The van der Waals surface area contributed by atoms with E-state index in [4.69, 9.17) is 11.6 Å². The lowest BCUT2D eigenvalue weighted by Crippen LogP contribution is -1.92. The highest BCUT2D eigenvalue weighted by Gasteiger charge is 1.96. The van der Waals surface area contributed by atoms with Crippen molar-refractivity contribution in [3.05, 3.63) is 51.2 Å². The molecule has 0 aliphatic heterocycles. The number of anilines is 2. The maximum atomic E-state index is 5.78. The van der Waals surface area contributed by atoms with Gasteiger partial charge in [0.1, 0.15) is 11.0 Å². The molecule has 0 aliphatic rings. The van der Waals surface area contributed by atoms with Gasteiger partial charge in [-0.25, -0.2) is 4.98 Å². The number of nitrogens with zero attached hydrogens (tertiary/aromatic N) is 1. The monoisotopic (exact) mass is 330 g/mol. The number of rotatable bonds is 2. The van der Waals surface area contributed by atoms with E-state index in [9.17, 15) is 0 Å². The summed E-state index contributed by atoms with van der Waals surface area (Å²) in [4.78, 5) is 4.14. The van der Waals surface area contributed by atoms with Crippen LogP contribution < -0.4 is 5.32 Å². The quantitative estimate of drug-likeness (QED) is 0.663. The fourth-order valence-electron chi connectivity index (χ4n) is 1.16. The number of hydrogen-bond acceptors (Lipinski definition) is 2. The van der Waals surface area contributed by atoms with Gasteiger partial charge in [0.15, 0.2) is 0 Å². The van der Waals surface area contributed by atoms with Crippen LogP contribution in [0.15, 0.2) is 42.5 Å². The summed E-state index contributed by atoms with van der Waals surface area (Å²) in [6.07, 6.45) is 0. The third kappa shape index (κ3) is 3.07. The second kappa shape index (κ2) is 4.81. The number of halogens is 2. The summed E-state index contributed by atoms with van der Waals surface area (Å²) in [7, 11) is 0. The SMILES string of the molecule is Clc1cccc(Nc2ccc(I)cc2)n1. The van der Waals surface area contributed by atoms with Gasteiger partial charge in [0.2, 0.25) is 0 Å². The predicted molar refractivity (Wildman–Crippen MR) is 71.7 cm³/mol. The van der Waals surface area contributed by atoms with Gasteiger partial charge in [0.05, 0.1) is 0 Å². The van der Waals surface area contributed by atoms with Crippen molar-refractivity contribution in [1.29, 1.82) is 0 Å². The molecular formula is C11H8ClIN2. The molecule has 1 aromatic heterocycles. The average molecular weight is 331 g/mol. The molecule has 0 atom stereocenters. The Labute approximate surface area is 107 Å². The van der Waals surface area contributed by atoms with Crippen LogP contribution in [0, 0.1) is 3.57 Å². The zero-order valence-electron chi connectivity index (χ0n) is 7.74. The zero-order valence-corrected chi connectivity index (χ0v) is 10.7. The molecular weight excluding hydrogens is 322 g/mol. The van der Waals surface area contributed by atoms with E-state index in [-0.39, 0.29) is 0 Å². The molecule has 0 amide bonds. The standard InChI is InChI=1S/C11H8ClIN2/c12-10-2-1-3-11(15-10)14-9-6-4-8(13)5-7-9/h1-7H,(H,14,15). The van der Waals surface area contributed by atoms with Crippen molar-refractivity contribution in [1.82, 2.24) is 4.98 Å². The Morgan fingerprint density at radius 2 is 1.80 bits per heavy atom. The van der Waals surface area contributed by atoms with Crippen LogP contribution in [0.5, 0.6) is 0 Å². The summed E-state index contributed by atoms with van der Waals surface area (Å²) in [5.74, 6) is 0.753. The van der Waals surface area contributed by atoms with Crippen LogP contribution in [0.4, 0.5) is 11.5 Å². The van der Waals surface area contributed by atoms with Crippen molar-refractivity contribution in [2.24, 2.45) is 0 Å². The van der Waals surface area contributed by atoms with Crippen LogP contribution in [0.2, 0.25) is 5.15 Å². The third-order valence-corrected chi connectivity index (χ3v) is 2.76. The van der Waals surface area contributed by atoms with Crippen LogP contribution >= 0.6 is 34.2 Å². The molecule has 0 bridgehead atoms. The van der Waals surface area contributed by atoms with Crippen LogP contribution in [-0.4, -0.2) is 4.98 Å². The third-order valence-electron chi connectivity index (χ3n) is 1.83. The molecule has 0 radical (unpaired) electrons. The van der Waals surface area contributed by atoms with Crippen molar-refractivity contribution >= 4 is 45.7 Å². The topological polar surface area (TPSA) is 24.9 Å². The van der Waals surface area contributed by atoms with Crippen molar-refractivity contribution < 1.29 is 0 Å². The molecule has 1 aromatic carbocycles. The van der Waals surface area contributed by atoms with E-state index in [1.807, 2.05) is 36.4 Å². The lowest BCUT2D eigenvalue weighted by Gasteiger charge is -2.05. The lowest BCUT2D eigenvalue weighted by molar-refractivity contribution is 1.31. The van der Waals surface area contributed by atoms with E-state index in [2.05, 4.69) is 32.9 Å². The Hall–Kier alpha value is -0.810. The second-order valence-electron chi connectivity index (χ2n) is 2.98. The van der Waals surface area contributed by atoms with Crippen molar-refractivity contribution in [2.75, 3.05) is 5.32 Å². The fraction of sp³-hybridized carbons (Fsp3) is 0. The van der Waals surface area contributed by atoms with E-state index >= 15 is 0 Å². The Kier molecular flexibility index (Phi) is 3.43. The first-order valence-corrected chi connectivity index (χ1v) is 5.85. The molecule has 0 unspecified atom stereocenters. The van der Waals surface area contributed by atoms with E-state index in [0.29, 0.717) is 5.15 Å². The molecule has 0 saturated heterocycles. The molecule has 1 heterocycles. The minimum absolute atomic E-state index is 0.491. The van der Waals surface area contributed by atoms with E-state index < -0.39 is 0 Å². The Morgan fingerprint density at radius 1 is 1.07 bits per heavy atom. The van der Waals surface area contributed by atoms with Gasteiger partial charge in [0.25, 0.3) is 0 Å². The van der Waals surface area contributed by atoms with Gasteiger partial charge >= 0.3 is 0 Å². The number of nitrogens with one attached hydrogen (secondary N) is 1. The summed E-state index contributed by atoms with van der Waals surface area (Å²) in [5, 5.41) is 3.66. The molecule has 2 nitrogen and oxygen atoms in total. The Morgan fingerprint density at radius 3 is 2.47 bits per heavy atom. The highest BCUT2D eigenvalue weighted by atomic mass is 127. The minimum Gasteiger partial charge on any atom is -0.340 e. The molecule has 0 spiro atoms. The normalized spacial score (nSPS) is 10.0. The molecule has 2 rings (SSSR count).